The van der Waals surface area contributed by atoms with E-state index in [1.54, 1.807) is 24.3 Å². The Labute approximate surface area is 164 Å². The number of nitrogens with zero attached hydrogens (tertiary/aromatic N) is 1. The van der Waals surface area contributed by atoms with Crippen LogP contribution in [0.15, 0.2) is 46.5 Å². The molecule has 0 spiro atoms. The van der Waals surface area contributed by atoms with Crippen LogP contribution >= 0.6 is 0 Å². The minimum absolute atomic E-state index is 0.0241. The van der Waals surface area contributed by atoms with Gasteiger partial charge in [-0.25, -0.2) is 9.59 Å². The van der Waals surface area contributed by atoms with Crippen LogP contribution in [0.3, 0.4) is 0 Å². The second kappa shape index (κ2) is 8.30. The van der Waals surface area contributed by atoms with Gasteiger partial charge in [0.1, 0.15) is 17.2 Å². The highest BCUT2D eigenvalue weighted by atomic mass is 16.5. The van der Waals surface area contributed by atoms with E-state index in [2.05, 4.69) is 10.1 Å². The Morgan fingerprint density at radius 1 is 1.17 bits per heavy atom. The molecular weight excluding hydrogens is 382 g/mol. The molecule has 1 aromatic carbocycles. The van der Waals surface area contributed by atoms with Crippen molar-refractivity contribution in [3.63, 3.8) is 0 Å². The quantitative estimate of drug-likeness (QED) is 0.402. The predicted molar refractivity (Wildman–Crippen MR) is 98.2 cm³/mol. The van der Waals surface area contributed by atoms with E-state index >= 15 is 0 Å². The molecule has 0 saturated carbocycles. The molecule has 0 bridgehead atoms. The van der Waals surface area contributed by atoms with Crippen molar-refractivity contribution in [3.05, 3.63) is 59.2 Å². The highest BCUT2D eigenvalue weighted by Crippen LogP contribution is 2.20. The van der Waals surface area contributed by atoms with Crippen molar-refractivity contribution in [2.45, 2.75) is 6.54 Å². The molecule has 1 aromatic heterocycles. The van der Waals surface area contributed by atoms with Crippen LogP contribution in [-0.2, 0) is 20.9 Å². The van der Waals surface area contributed by atoms with Gasteiger partial charge in [0.2, 0.25) is 5.76 Å². The topological polar surface area (TPSA) is 141 Å². The number of ether oxygens (including phenoxy) is 2. The van der Waals surface area contributed by atoms with Crippen LogP contribution in [0.2, 0.25) is 0 Å². The molecule has 10 nitrogen and oxygen atoms in total. The smallest absolute Gasteiger partial charge is 0.373 e. The fourth-order valence-electron chi connectivity index (χ4n) is 2.53. The summed E-state index contributed by atoms with van der Waals surface area (Å²) in [5, 5.41) is 2.49. The minimum Gasteiger partial charge on any atom is -0.484 e. The Balaban J connectivity index is 1.68. The van der Waals surface area contributed by atoms with Crippen molar-refractivity contribution < 1.29 is 33.1 Å². The third-order valence-corrected chi connectivity index (χ3v) is 3.90. The van der Waals surface area contributed by atoms with Crippen LogP contribution in [0.25, 0.3) is 6.08 Å². The van der Waals surface area contributed by atoms with E-state index in [9.17, 15) is 19.2 Å². The fourth-order valence-corrected chi connectivity index (χ4v) is 2.53. The second-order valence-electron chi connectivity index (χ2n) is 5.96. The summed E-state index contributed by atoms with van der Waals surface area (Å²) in [5.41, 5.74) is 5.73. The lowest BCUT2D eigenvalue weighted by molar-refractivity contribution is -0.123. The van der Waals surface area contributed by atoms with Gasteiger partial charge in [-0.3, -0.25) is 14.5 Å². The number of amides is 4. The molecular formula is C19H17N3O7. The Morgan fingerprint density at radius 2 is 1.90 bits per heavy atom. The van der Waals surface area contributed by atoms with Crippen LogP contribution in [-0.4, -0.2) is 42.4 Å². The Bertz CT molecular complexity index is 991. The number of furan rings is 1. The van der Waals surface area contributed by atoms with Gasteiger partial charge in [0, 0.05) is 0 Å². The Kier molecular flexibility index (Phi) is 5.63. The van der Waals surface area contributed by atoms with Crippen LogP contribution in [0.5, 0.6) is 5.75 Å². The zero-order valence-corrected chi connectivity index (χ0v) is 15.3. The van der Waals surface area contributed by atoms with E-state index < -0.39 is 23.8 Å². The van der Waals surface area contributed by atoms with Gasteiger partial charge in [0.25, 0.3) is 11.8 Å². The third kappa shape index (κ3) is 4.61. The first-order chi connectivity index (χ1) is 13.9. The van der Waals surface area contributed by atoms with E-state index in [0.29, 0.717) is 11.3 Å². The van der Waals surface area contributed by atoms with Gasteiger partial charge in [-0.2, -0.15) is 0 Å². The van der Waals surface area contributed by atoms with Crippen molar-refractivity contribution >= 4 is 29.9 Å². The Hall–Kier alpha value is -4.08. The minimum atomic E-state index is -0.655. The molecule has 2 heterocycles. The molecule has 3 N–H and O–H groups in total. The lowest BCUT2D eigenvalue weighted by Crippen LogP contribution is -2.30. The first kappa shape index (κ1) is 19.7. The summed E-state index contributed by atoms with van der Waals surface area (Å²) in [4.78, 5) is 47.8. The average Bonchev–Trinajstić information content (AvgIpc) is 3.27. The average molecular weight is 399 g/mol. The largest absolute Gasteiger partial charge is 0.484 e. The highest BCUT2D eigenvalue weighted by molar-refractivity contribution is 6.13. The number of urea groups is 1. The molecule has 3 rings (SSSR count). The monoisotopic (exact) mass is 399 g/mol. The molecule has 10 heteroatoms. The lowest BCUT2D eigenvalue weighted by Gasteiger charge is -2.09. The number of nitrogens with one attached hydrogen (secondary N) is 1. The third-order valence-electron chi connectivity index (χ3n) is 3.90. The van der Waals surface area contributed by atoms with E-state index in [0.717, 1.165) is 4.90 Å². The molecule has 1 aliphatic rings. The number of imide groups is 1. The molecule has 4 amide bonds. The highest BCUT2D eigenvalue weighted by Gasteiger charge is 2.34. The maximum Gasteiger partial charge on any atom is 0.373 e. The van der Waals surface area contributed by atoms with Crippen LogP contribution < -0.4 is 15.8 Å². The van der Waals surface area contributed by atoms with Crippen LogP contribution in [0, 0.1) is 0 Å². The van der Waals surface area contributed by atoms with Crippen molar-refractivity contribution in [2.75, 3.05) is 13.7 Å². The summed E-state index contributed by atoms with van der Waals surface area (Å²) in [7, 11) is 1.22. The van der Waals surface area contributed by atoms with Crippen molar-refractivity contribution in [1.29, 1.82) is 0 Å². The van der Waals surface area contributed by atoms with Crippen LogP contribution in [0.4, 0.5) is 4.79 Å². The molecule has 2 aromatic rings. The molecule has 1 saturated heterocycles. The SMILES string of the molecule is COC(=O)c1ccc(CN2C(=O)N/C(=C\c3ccc(OCC(N)=O)cc3)C2=O)o1. The van der Waals surface area contributed by atoms with Gasteiger partial charge < -0.3 is 24.9 Å². The summed E-state index contributed by atoms with van der Waals surface area (Å²) in [6.07, 6.45) is 1.50. The summed E-state index contributed by atoms with van der Waals surface area (Å²) >= 11 is 0. The fraction of sp³-hybridized carbons (Fsp3) is 0.158. The normalized spacial score (nSPS) is 14.8. The van der Waals surface area contributed by atoms with Gasteiger partial charge in [-0.15, -0.1) is 0 Å². The molecule has 0 atom stereocenters. The Morgan fingerprint density at radius 3 is 2.55 bits per heavy atom. The zero-order chi connectivity index (χ0) is 21.0. The van der Waals surface area contributed by atoms with Gasteiger partial charge >= 0.3 is 12.0 Å². The van der Waals surface area contributed by atoms with Crippen molar-refractivity contribution in [1.82, 2.24) is 10.2 Å². The number of esters is 1. The number of benzene rings is 1. The summed E-state index contributed by atoms with van der Waals surface area (Å²) in [5.74, 6) is -1.12. The lowest BCUT2D eigenvalue weighted by atomic mass is 10.2. The molecule has 29 heavy (non-hydrogen) atoms. The maximum absolute atomic E-state index is 12.5. The molecule has 1 fully saturated rings. The number of primary amides is 1. The predicted octanol–water partition coefficient (Wildman–Crippen LogP) is 1.02. The number of methoxy groups -OCH3 is 1. The molecule has 0 radical (unpaired) electrons. The van der Waals surface area contributed by atoms with Crippen molar-refractivity contribution in [3.8, 4) is 5.75 Å². The van der Waals surface area contributed by atoms with Crippen molar-refractivity contribution in [2.24, 2.45) is 5.73 Å². The molecule has 150 valence electrons. The van der Waals surface area contributed by atoms with Gasteiger partial charge in [-0.1, -0.05) is 12.1 Å². The number of hydrogen-bond acceptors (Lipinski definition) is 7. The van der Waals surface area contributed by atoms with E-state index in [-0.39, 0.29) is 30.4 Å². The number of hydrogen-bond donors (Lipinski definition) is 2. The van der Waals surface area contributed by atoms with E-state index in [4.69, 9.17) is 14.9 Å². The standard InChI is InChI=1S/C19H17N3O7/c1-27-18(25)15-7-6-13(29-15)9-22-17(24)14(21-19(22)26)8-11-2-4-12(5-3-11)28-10-16(20)23/h2-8H,9-10H2,1H3,(H2,20,23)(H,21,26)/b14-8-. The van der Waals surface area contributed by atoms with Crippen LogP contribution in [0.1, 0.15) is 21.9 Å². The molecule has 1 aliphatic heterocycles. The number of carbonyl (C=O) groups is 4. The second-order valence-corrected chi connectivity index (χ2v) is 5.96. The molecule has 0 unspecified atom stereocenters. The zero-order valence-electron chi connectivity index (χ0n) is 15.3. The van der Waals surface area contributed by atoms with Gasteiger partial charge in [0.05, 0.1) is 13.7 Å². The molecule has 0 aliphatic carbocycles. The van der Waals surface area contributed by atoms with E-state index in [1.165, 1.54) is 25.3 Å². The first-order valence-corrected chi connectivity index (χ1v) is 8.40. The summed E-state index contributed by atoms with van der Waals surface area (Å²) < 4.78 is 15.0. The number of rotatable bonds is 7. The number of nitrogens with two attached hydrogens (primary N) is 1. The number of carbonyl (C=O) groups excluding carboxylic acids is 4. The summed E-state index contributed by atoms with van der Waals surface area (Å²) in [6.45, 7) is -0.382. The summed E-state index contributed by atoms with van der Waals surface area (Å²) in [6, 6.07) is 8.79. The van der Waals surface area contributed by atoms with Gasteiger partial charge in [-0.05, 0) is 35.9 Å². The first-order valence-electron chi connectivity index (χ1n) is 8.40. The maximum atomic E-state index is 12.5. The van der Waals surface area contributed by atoms with E-state index in [1.807, 2.05) is 0 Å². The van der Waals surface area contributed by atoms with Gasteiger partial charge in [0.15, 0.2) is 6.61 Å².